The van der Waals surface area contributed by atoms with Gasteiger partial charge in [0.25, 0.3) is 0 Å². The molecule has 0 bridgehead atoms. The summed E-state index contributed by atoms with van der Waals surface area (Å²) in [5.74, 6) is -0.0643. The smallest absolute Gasteiger partial charge is 0.316 e. The molecular weight excluding hydrogens is 219 g/mol. The van der Waals surface area contributed by atoms with Gasteiger partial charge >= 0.3 is 5.97 Å². The summed E-state index contributed by atoms with van der Waals surface area (Å²) in [6.07, 6.45) is 3.07. The number of benzene rings is 1. The maximum atomic E-state index is 12.1. The number of methoxy groups -OCH3 is 1. The third kappa shape index (κ3) is 1.87. The quantitative estimate of drug-likeness (QED) is 0.583. The molecule has 86 valence electrons. The molecule has 0 amide bonds. The summed E-state index contributed by atoms with van der Waals surface area (Å²) in [7, 11) is 1.47. The minimum atomic E-state index is -0.365. The van der Waals surface area contributed by atoms with Crippen LogP contribution in [0.3, 0.4) is 0 Å². The van der Waals surface area contributed by atoms with Crippen molar-refractivity contribution in [2.45, 2.75) is 11.8 Å². The van der Waals surface area contributed by atoms with Crippen LogP contribution in [-0.2, 0) is 14.9 Å². The van der Waals surface area contributed by atoms with E-state index in [9.17, 15) is 4.79 Å². The number of esters is 1. The van der Waals surface area contributed by atoms with Gasteiger partial charge in [-0.2, -0.15) is 0 Å². The lowest BCUT2D eigenvalue weighted by molar-refractivity contribution is -0.146. The van der Waals surface area contributed by atoms with E-state index in [1.807, 2.05) is 30.3 Å². The van der Waals surface area contributed by atoms with E-state index in [2.05, 4.69) is 6.66 Å². The molecule has 1 aliphatic rings. The van der Waals surface area contributed by atoms with Crippen molar-refractivity contribution in [3.05, 3.63) is 35.9 Å². The summed E-state index contributed by atoms with van der Waals surface area (Å²) in [5, 5.41) is 0. The van der Waals surface area contributed by atoms with Gasteiger partial charge in [-0.3, -0.25) is 4.79 Å². The molecule has 0 saturated carbocycles. The molecule has 1 aromatic rings. The number of carbonyl (C=O) groups excluding carboxylic acids is 1. The third-order valence-corrected chi connectivity index (χ3v) is 5.43. The van der Waals surface area contributed by atoms with Crippen LogP contribution in [0.25, 0.3) is 0 Å². The molecular formula is C13H17O2P. The molecule has 1 heterocycles. The van der Waals surface area contributed by atoms with E-state index >= 15 is 0 Å². The molecule has 2 atom stereocenters. The Bertz CT molecular complexity index is 377. The molecule has 1 saturated heterocycles. The lowest BCUT2D eigenvalue weighted by atomic mass is 9.80. The van der Waals surface area contributed by atoms with Gasteiger partial charge in [-0.05, 0) is 31.0 Å². The fourth-order valence-electron chi connectivity index (χ4n) is 2.47. The van der Waals surface area contributed by atoms with Gasteiger partial charge in [-0.25, -0.2) is 0 Å². The summed E-state index contributed by atoms with van der Waals surface area (Å²) < 4.78 is 5.01. The molecule has 0 spiro atoms. The average Bonchev–Trinajstić information content (AvgIpc) is 2.73. The van der Waals surface area contributed by atoms with Crippen LogP contribution in [0.1, 0.15) is 12.0 Å². The van der Waals surface area contributed by atoms with E-state index in [4.69, 9.17) is 4.74 Å². The van der Waals surface area contributed by atoms with E-state index in [0.717, 1.165) is 18.1 Å². The van der Waals surface area contributed by atoms with Crippen molar-refractivity contribution in [3.8, 4) is 0 Å². The zero-order chi connectivity index (χ0) is 11.6. The van der Waals surface area contributed by atoms with Crippen LogP contribution in [0.4, 0.5) is 0 Å². The highest BCUT2D eigenvalue weighted by molar-refractivity contribution is 7.57. The fraction of sp³-hybridized carbons (Fsp3) is 0.462. The second-order valence-corrected chi connectivity index (χ2v) is 6.90. The number of carbonyl (C=O) groups is 1. The predicted molar refractivity (Wildman–Crippen MR) is 67.3 cm³/mol. The zero-order valence-corrected chi connectivity index (χ0v) is 10.7. The van der Waals surface area contributed by atoms with Crippen LogP contribution in [0.2, 0.25) is 0 Å². The Morgan fingerprint density at radius 2 is 2.06 bits per heavy atom. The number of hydrogen-bond acceptors (Lipinski definition) is 2. The van der Waals surface area contributed by atoms with E-state index in [-0.39, 0.29) is 19.3 Å². The van der Waals surface area contributed by atoms with E-state index in [0.29, 0.717) is 0 Å². The molecule has 3 heteroatoms. The van der Waals surface area contributed by atoms with Crippen LogP contribution in [-0.4, -0.2) is 32.1 Å². The molecule has 1 aromatic carbocycles. The Hall–Kier alpha value is -0.880. The normalized spacial score (nSPS) is 29.0. The van der Waals surface area contributed by atoms with Crippen LogP contribution in [0.5, 0.6) is 0 Å². The van der Waals surface area contributed by atoms with Gasteiger partial charge in [-0.15, -0.1) is 7.92 Å². The van der Waals surface area contributed by atoms with Crippen molar-refractivity contribution in [1.29, 1.82) is 0 Å². The summed E-state index contributed by atoms with van der Waals surface area (Å²) in [6.45, 7) is 2.27. The molecule has 1 fully saturated rings. The average molecular weight is 236 g/mol. The standard InChI is InChI=1S/C13H17O2P/c1-15-12(14)13(8-9-16(2)10-13)11-6-4-3-5-7-11/h3-7H,8-10H2,1-2H3. The van der Waals surface area contributed by atoms with Gasteiger partial charge in [0.2, 0.25) is 0 Å². The van der Waals surface area contributed by atoms with Crippen molar-refractivity contribution in [2.75, 3.05) is 26.1 Å². The second-order valence-electron chi connectivity index (χ2n) is 4.43. The molecule has 2 nitrogen and oxygen atoms in total. The highest BCUT2D eigenvalue weighted by Crippen LogP contribution is 2.51. The molecule has 0 N–H and O–H groups in total. The van der Waals surface area contributed by atoms with Crippen LogP contribution >= 0.6 is 7.92 Å². The van der Waals surface area contributed by atoms with Gasteiger partial charge in [0.05, 0.1) is 12.5 Å². The predicted octanol–water partition coefficient (Wildman–Crippen LogP) is 2.61. The van der Waals surface area contributed by atoms with Crippen molar-refractivity contribution in [1.82, 2.24) is 0 Å². The van der Waals surface area contributed by atoms with Gasteiger partial charge in [0.1, 0.15) is 0 Å². The van der Waals surface area contributed by atoms with Gasteiger partial charge in [0, 0.05) is 0 Å². The Kier molecular flexibility index (Phi) is 3.30. The molecule has 2 rings (SSSR count). The van der Waals surface area contributed by atoms with Crippen molar-refractivity contribution in [2.24, 2.45) is 0 Å². The Morgan fingerprint density at radius 3 is 2.56 bits per heavy atom. The summed E-state index contributed by atoms with van der Waals surface area (Å²) in [4.78, 5) is 12.1. The SMILES string of the molecule is COC(=O)C1(c2ccccc2)CCP(C)C1. The van der Waals surface area contributed by atoms with Gasteiger partial charge in [-0.1, -0.05) is 30.3 Å². The zero-order valence-electron chi connectivity index (χ0n) is 9.77. The van der Waals surface area contributed by atoms with Crippen LogP contribution in [0.15, 0.2) is 30.3 Å². The van der Waals surface area contributed by atoms with Gasteiger partial charge < -0.3 is 4.74 Å². The Balaban J connectivity index is 2.40. The molecule has 2 unspecified atom stereocenters. The van der Waals surface area contributed by atoms with Crippen molar-refractivity contribution in [3.63, 3.8) is 0 Å². The molecule has 0 radical (unpaired) electrons. The number of ether oxygens (including phenoxy) is 1. The first-order valence-electron chi connectivity index (χ1n) is 5.51. The van der Waals surface area contributed by atoms with Gasteiger partial charge in [0.15, 0.2) is 0 Å². The van der Waals surface area contributed by atoms with Crippen molar-refractivity contribution >= 4 is 13.9 Å². The topological polar surface area (TPSA) is 26.3 Å². The third-order valence-electron chi connectivity index (χ3n) is 3.36. The summed E-state index contributed by atoms with van der Waals surface area (Å²) in [6, 6.07) is 10.1. The molecule has 1 aliphatic heterocycles. The Labute approximate surface area is 97.8 Å². The summed E-state index contributed by atoms with van der Waals surface area (Å²) in [5.41, 5.74) is 0.755. The lowest BCUT2D eigenvalue weighted by Crippen LogP contribution is -2.37. The summed E-state index contributed by atoms with van der Waals surface area (Å²) >= 11 is 0. The minimum Gasteiger partial charge on any atom is -0.468 e. The van der Waals surface area contributed by atoms with E-state index in [1.54, 1.807) is 0 Å². The van der Waals surface area contributed by atoms with Crippen molar-refractivity contribution < 1.29 is 9.53 Å². The monoisotopic (exact) mass is 236 g/mol. The highest BCUT2D eigenvalue weighted by Gasteiger charge is 2.46. The van der Waals surface area contributed by atoms with Crippen LogP contribution < -0.4 is 0 Å². The van der Waals surface area contributed by atoms with E-state index < -0.39 is 0 Å². The highest BCUT2D eigenvalue weighted by atomic mass is 31.1. The minimum absolute atomic E-state index is 0.0155. The second kappa shape index (κ2) is 4.55. The van der Waals surface area contributed by atoms with Crippen LogP contribution in [0, 0.1) is 0 Å². The lowest BCUT2D eigenvalue weighted by Gasteiger charge is -2.26. The molecule has 16 heavy (non-hydrogen) atoms. The first-order chi connectivity index (χ1) is 7.69. The first kappa shape index (κ1) is 11.6. The maximum Gasteiger partial charge on any atom is 0.316 e. The molecule has 0 aliphatic carbocycles. The Morgan fingerprint density at radius 1 is 1.38 bits per heavy atom. The molecule has 0 aromatic heterocycles. The number of rotatable bonds is 2. The first-order valence-corrected chi connectivity index (χ1v) is 7.67. The fourth-order valence-corrected chi connectivity index (χ4v) is 4.79. The van der Waals surface area contributed by atoms with E-state index in [1.165, 1.54) is 13.3 Å². The largest absolute Gasteiger partial charge is 0.468 e. The maximum absolute atomic E-state index is 12.1. The number of hydrogen-bond donors (Lipinski definition) is 0.